The summed E-state index contributed by atoms with van der Waals surface area (Å²) in [5.74, 6) is -0.375. The minimum atomic E-state index is -0.687. The molecule has 0 bridgehead atoms. The maximum atomic E-state index is 12.3. The Hall–Kier alpha value is -2.77. The summed E-state index contributed by atoms with van der Waals surface area (Å²) in [4.78, 5) is 33.1. The summed E-state index contributed by atoms with van der Waals surface area (Å²) >= 11 is 0. The first-order chi connectivity index (χ1) is 10.0. The summed E-state index contributed by atoms with van der Waals surface area (Å²) < 4.78 is 4.91. The molecule has 0 aromatic carbocycles. The third-order valence-electron chi connectivity index (χ3n) is 3.30. The first-order valence-electron chi connectivity index (χ1n) is 6.42. The van der Waals surface area contributed by atoms with Gasteiger partial charge in [-0.2, -0.15) is 0 Å². The zero-order chi connectivity index (χ0) is 15.0. The Morgan fingerprint density at radius 1 is 1.43 bits per heavy atom. The van der Waals surface area contributed by atoms with Crippen molar-refractivity contribution in [2.24, 2.45) is 5.73 Å². The van der Waals surface area contributed by atoms with Gasteiger partial charge in [0.05, 0.1) is 12.2 Å². The standard InChI is InChI=1S/C13H13N5O3/c1-7-4-9(17-21-7)13(20)18-3-2-8-5-15-12(11(14)19)16-10(8)6-18/h4-5H,2-3,6H2,1H3,(H2,14,19). The van der Waals surface area contributed by atoms with Gasteiger partial charge in [-0.25, -0.2) is 9.97 Å². The molecule has 0 atom stereocenters. The number of carbonyl (C=O) groups excluding carboxylic acids is 2. The second-order valence-corrected chi connectivity index (χ2v) is 4.83. The van der Waals surface area contributed by atoms with E-state index in [0.29, 0.717) is 31.0 Å². The lowest BCUT2D eigenvalue weighted by molar-refractivity contribution is 0.0721. The van der Waals surface area contributed by atoms with Gasteiger partial charge in [0.25, 0.3) is 11.8 Å². The lowest BCUT2D eigenvalue weighted by Gasteiger charge is -2.27. The quantitative estimate of drug-likeness (QED) is 0.835. The molecule has 2 N–H and O–H groups in total. The number of hydrogen-bond donors (Lipinski definition) is 1. The van der Waals surface area contributed by atoms with Crippen LogP contribution in [0.15, 0.2) is 16.8 Å². The molecule has 1 aliphatic rings. The van der Waals surface area contributed by atoms with Crippen LogP contribution in [0, 0.1) is 6.92 Å². The van der Waals surface area contributed by atoms with Gasteiger partial charge in [-0.3, -0.25) is 9.59 Å². The van der Waals surface area contributed by atoms with Gasteiger partial charge in [0.15, 0.2) is 5.69 Å². The molecule has 8 nitrogen and oxygen atoms in total. The van der Waals surface area contributed by atoms with Gasteiger partial charge in [0.2, 0.25) is 5.82 Å². The molecule has 0 aliphatic carbocycles. The zero-order valence-corrected chi connectivity index (χ0v) is 11.4. The van der Waals surface area contributed by atoms with E-state index in [9.17, 15) is 9.59 Å². The van der Waals surface area contributed by atoms with Crippen molar-refractivity contribution >= 4 is 11.8 Å². The van der Waals surface area contributed by atoms with E-state index < -0.39 is 5.91 Å². The highest BCUT2D eigenvalue weighted by atomic mass is 16.5. The lowest BCUT2D eigenvalue weighted by atomic mass is 10.1. The Kier molecular flexibility index (Phi) is 3.13. The molecule has 2 amide bonds. The highest BCUT2D eigenvalue weighted by Crippen LogP contribution is 2.18. The lowest BCUT2D eigenvalue weighted by Crippen LogP contribution is -2.37. The molecule has 0 saturated carbocycles. The third kappa shape index (κ3) is 2.47. The molecule has 108 valence electrons. The van der Waals surface area contributed by atoms with Crippen LogP contribution in [0.25, 0.3) is 0 Å². The average Bonchev–Trinajstić information content (AvgIpc) is 2.91. The van der Waals surface area contributed by atoms with Crippen molar-refractivity contribution in [2.75, 3.05) is 6.54 Å². The fourth-order valence-corrected chi connectivity index (χ4v) is 2.22. The highest BCUT2D eigenvalue weighted by molar-refractivity contribution is 5.92. The third-order valence-corrected chi connectivity index (χ3v) is 3.30. The minimum Gasteiger partial charge on any atom is -0.363 e. The van der Waals surface area contributed by atoms with Crippen LogP contribution >= 0.6 is 0 Å². The maximum absolute atomic E-state index is 12.3. The van der Waals surface area contributed by atoms with Crippen LogP contribution in [0.2, 0.25) is 0 Å². The number of hydrogen-bond acceptors (Lipinski definition) is 6. The second-order valence-electron chi connectivity index (χ2n) is 4.83. The van der Waals surface area contributed by atoms with E-state index in [-0.39, 0.29) is 17.4 Å². The van der Waals surface area contributed by atoms with E-state index in [2.05, 4.69) is 15.1 Å². The Labute approximate surface area is 119 Å². The summed E-state index contributed by atoms with van der Waals surface area (Å²) in [6.07, 6.45) is 2.21. The second kappa shape index (κ2) is 4.97. The average molecular weight is 287 g/mol. The number of aryl methyl sites for hydroxylation is 1. The van der Waals surface area contributed by atoms with Crippen molar-refractivity contribution in [3.05, 3.63) is 40.8 Å². The molecule has 2 aromatic rings. The number of aromatic nitrogens is 3. The van der Waals surface area contributed by atoms with E-state index in [1.54, 1.807) is 24.1 Å². The molecule has 0 saturated heterocycles. The van der Waals surface area contributed by atoms with Crippen LogP contribution in [-0.2, 0) is 13.0 Å². The van der Waals surface area contributed by atoms with Crippen LogP contribution in [0.3, 0.4) is 0 Å². The fourth-order valence-electron chi connectivity index (χ4n) is 2.22. The number of fused-ring (bicyclic) bond motifs is 1. The van der Waals surface area contributed by atoms with Crippen LogP contribution in [0.5, 0.6) is 0 Å². The zero-order valence-electron chi connectivity index (χ0n) is 11.4. The Bertz CT molecular complexity index is 724. The monoisotopic (exact) mass is 287 g/mol. The van der Waals surface area contributed by atoms with Crippen molar-refractivity contribution in [3.63, 3.8) is 0 Å². The molecule has 0 spiro atoms. The number of primary amides is 1. The van der Waals surface area contributed by atoms with E-state index in [1.807, 2.05) is 0 Å². The highest BCUT2D eigenvalue weighted by Gasteiger charge is 2.25. The number of nitrogens with zero attached hydrogens (tertiary/aromatic N) is 4. The summed E-state index contributed by atoms with van der Waals surface area (Å²) in [7, 11) is 0. The van der Waals surface area contributed by atoms with E-state index in [4.69, 9.17) is 10.3 Å². The largest absolute Gasteiger partial charge is 0.363 e. The number of carbonyl (C=O) groups is 2. The van der Waals surface area contributed by atoms with Crippen molar-refractivity contribution < 1.29 is 14.1 Å². The van der Waals surface area contributed by atoms with Crippen LogP contribution in [0.1, 0.15) is 38.1 Å². The molecule has 3 rings (SSSR count). The molecular weight excluding hydrogens is 274 g/mol. The fraction of sp³-hybridized carbons (Fsp3) is 0.308. The number of nitrogens with two attached hydrogens (primary N) is 1. The Morgan fingerprint density at radius 2 is 2.24 bits per heavy atom. The van der Waals surface area contributed by atoms with E-state index >= 15 is 0 Å². The predicted molar refractivity (Wildman–Crippen MR) is 70.2 cm³/mol. The minimum absolute atomic E-state index is 0.0414. The summed E-state index contributed by atoms with van der Waals surface area (Å²) in [5.41, 5.74) is 6.99. The molecule has 0 radical (unpaired) electrons. The number of amides is 2. The van der Waals surface area contributed by atoms with Gasteiger partial charge >= 0.3 is 0 Å². The molecular formula is C13H13N5O3. The van der Waals surface area contributed by atoms with Gasteiger partial charge < -0.3 is 15.2 Å². The molecule has 0 unspecified atom stereocenters. The molecule has 21 heavy (non-hydrogen) atoms. The molecule has 2 aromatic heterocycles. The van der Waals surface area contributed by atoms with Crippen LogP contribution < -0.4 is 5.73 Å². The predicted octanol–water partition coefficient (Wildman–Crippen LogP) is 0.0704. The smallest absolute Gasteiger partial charge is 0.286 e. The van der Waals surface area contributed by atoms with Gasteiger partial charge in [0.1, 0.15) is 5.76 Å². The van der Waals surface area contributed by atoms with Gasteiger partial charge in [0, 0.05) is 18.8 Å². The summed E-state index contributed by atoms with van der Waals surface area (Å²) in [6, 6.07) is 1.59. The first kappa shape index (κ1) is 13.2. The SMILES string of the molecule is Cc1cc(C(=O)N2CCc3cnc(C(N)=O)nc3C2)no1. The molecule has 8 heteroatoms. The van der Waals surface area contributed by atoms with Crippen molar-refractivity contribution in [3.8, 4) is 0 Å². The van der Waals surface area contributed by atoms with Gasteiger partial charge in [-0.05, 0) is 18.9 Å². The molecule has 1 aliphatic heterocycles. The normalized spacial score (nSPS) is 13.9. The van der Waals surface area contributed by atoms with Crippen LogP contribution in [0.4, 0.5) is 0 Å². The number of rotatable bonds is 2. The van der Waals surface area contributed by atoms with Crippen molar-refractivity contribution in [2.45, 2.75) is 19.9 Å². The van der Waals surface area contributed by atoms with Gasteiger partial charge in [-0.1, -0.05) is 5.16 Å². The molecule has 3 heterocycles. The summed E-state index contributed by atoms with van der Waals surface area (Å²) in [6.45, 7) is 2.56. The van der Waals surface area contributed by atoms with Crippen LogP contribution in [-0.4, -0.2) is 38.4 Å². The van der Waals surface area contributed by atoms with E-state index in [0.717, 1.165) is 5.56 Å². The Balaban J connectivity index is 1.84. The van der Waals surface area contributed by atoms with Crippen molar-refractivity contribution in [1.82, 2.24) is 20.0 Å². The van der Waals surface area contributed by atoms with E-state index in [1.165, 1.54) is 0 Å². The van der Waals surface area contributed by atoms with Crippen molar-refractivity contribution in [1.29, 1.82) is 0 Å². The Morgan fingerprint density at radius 3 is 2.90 bits per heavy atom. The maximum Gasteiger partial charge on any atom is 0.286 e. The topological polar surface area (TPSA) is 115 Å². The summed E-state index contributed by atoms with van der Waals surface area (Å²) in [5, 5.41) is 3.72. The molecule has 0 fully saturated rings. The first-order valence-corrected chi connectivity index (χ1v) is 6.42. The van der Waals surface area contributed by atoms with Gasteiger partial charge in [-0.15, -0.1) is 0 Å².